The van der Waals surface area contributed by atoms with E-state index in [0.717, 1.165) is 11.1 Å². The third kappa shape index (κ3) is 1.93. The molecule has 0 aliphatic heterocycles. The predicted octanol–water partition coefficient (Wildman–Crippen LogP) is 2.15. The zero-order valence-electron chi connectivity index (χ0n) is 10.2. The molecule has 0 aliphatic rings. The number of carbonyl (C=O) groups is 1. The smallest absolute Gasteiger partial charge is 0.198 e. The molecule has 17 heavy (non-hydrogen) atoms. The molecule has 2 aromatic rings. The van der Waals surface area contributed by atoms with Crippen LogP contribution < -0.4 is 5.73 Å². The number of aryl methyl sites for hydroxylation is 3. The van der Waals surface area contributed by atoms with Gasteiger partial charge in [0, 0.05) is 5.56 Å². The van der Waals surface area contributed by atoms with Gasteiger partial charge >= 0.3 is 0 Å². The molecule has 0 saturated heterocycles. The van der Waals surface area contributed by atoms with Crippen LogP contribution in [0.25, 0.3) is 0 Å². The third-order valence-electron chi connectivity index (χ3n) is 3.00. The van der Waals surface area contributed by atoms with Crippen LogP contribution >= 0.6 is 0 Å². The SMILES string of the molecule is Cc1cc(C)c(C(=O)c2cn[nH]c2N)cc1C. The number of anilines is 1. The zero-order valence-corrected chi connectivity index (χ0v) is 10.2. The molecular weight excluding hydrogens is 214 g/mol. The first-order valence-corrected chi connectivity index (χ1v) is 5.42. The Morgan fingerprint density at radius 1 is 1.12 bits per heavy atom. The van der Waals surface area contributed by atoms with E-state index in [2.05, 4.69) is 10.2 Å². The van der Waals surface area contributed by atoms with Crippen molar-refractivity contribution in [2.24, 2.45) is 0 Å². The normalized spacial score (nSPS) is 10.5. The Morgan fingerprint density at radius 3 is 2.35 bits per heavy atom. The van der Waals surface area contributed by atoms with Crippen molar-refractivity contribution in [2.45, 2.75) is 20.8 Å². The summed E-state index contributed by atoms with van der Waals surface area (Å²) in [4.78, 5) is 12.3. The van der Waals surface area contributed by atoms with Crippen LogP contribution in [0.15, 0.2) is 18.3 Å². The summed E-state index contributed by atoms with van der Waals surface area (Å²) in [6, 6.07) is 3.91. The quantitative estimate of drug-likeness (QED) is 0.775. The second-order valence-electron chi connectivity index (χ2n) is 4.28. The molecule has 0 aliphatic carbocycles. The minimum atomic E-state index is -0.0862. The number of H-pyrrole nitrogens is 1. The van der Waals surface area contributed by atoms with Crippen LogP contribution in [0.2, 0.25) is 0 Å². The monoisotopic (exact) mass is 229 g/mol. The zero-order chi connectivity index (χ0) is 12.6. The molecule has 3 N–H and O–H groups in total. The molecule has 4 heteroatoms. The molecule has 1 aromatic carbocycles. The second-order valence-corrected chi connectivity index (χ2v) is 4.28. The summed E-state index contributed by atoms with van der Waals surface area (Å²) in [6.07, 6.45) is 1.46. The van der Waals surface area contributed by atoms with Gasteiger partial charge in [0.1, 0.15) is 5.82 Å². The number of hydrogen-bond donors (Lipinski definition) is 2. The van der Waals surface area contributed by atoms with E-state index >= 15 is 0 Å². The number of carbonyl (C=O) groups excluding carboxylic acids is 1. The number of aromatic nitrogens is 2. The van der Waals surface area contributed by atoms with E-state index in [1.54, 1.807) is 0 Å². The van der Waals surface area contributed by atoms with Crippen molar-refractivity contribution in [3.05, 3.63) is 46.1 Å². The lowest BCUT2D eigenvalue weighted by Gasteiger charge is -2.08. The summed E-state index contributed by atoms with van der Waals surface area (Å²) in [7, 11) is 0. The van der Waals surface area contributed by atoms with Gasteiger partial charge < -0.3 is 5.73 Å². The van der Waals surface area contributed by atoms with E-state index in [0.29, 0.717) is 16.9 Å². The summed E-state index contributed by atoms with van der Waals surface area (Å²) >= 11 is 0. The molecule has 0 atom stereocenters. The van der Waals surface area contributed by atoms with Crippen LogP contribution in [0.1, 0.15) is 32.6 Å². The molecule has 0 fully saturated rings. The fourth-order valence-corrected chi connectivity index (χ4v) is 1.83. The van der Waals surface area contributed by atoms with Gasteiger partial charge in [0.15, 0.2) is 5.78 Å². The minimum absolute atomic E-state index is 0.0862. The van der Waals surface area contributed by atoms with Gasteiger partial charge in [-0.25, -0.2) is 0 Å². The number of rotatable bonds is 2. The second kappa shape index (κ2) is 4.05. The van der Waals surface area contributed by atoms with E-state index in [9.17, 15) is 4.79 Å². The van der Waals surface area contributed by atoms with Crippen molar-refractivity contribution in [1.82, 2.24) is 10.2 Å². The van der Waals surface area contributed by atoms with E-state index < -0.39 is 0 Å². The summed E-state index contributed by atoms with van der Waals surface area (Å²) in [5.41, 5.74) is 10.0. The van der Waals surface area contributed by atoms with E-state index in [4.69, 9.17) is 5.73 Å². The molecule has 0 amide bonds. The number of nitrogens with one attached hydrogen (secondary N) is 1. The number of nitrogen functional groups attached to an aromatic ring is 1. The molecule has 2 rings (SSSR count). The highest BCUT2D eigenvalue weighted by Crippen LogP contribution is 2.20. The number of nitrogens with two attached hydrogens (primary N) is 1. The first-order chi connectivity index (χ1) is 8.00. The lowest BCUT2D eigenvalue weighted by Crippen LogP contribution is -2.06. The molecular formula is C13H15N3O. The molecule has 0 saturated carbocycles. The highest BCUT2D eigenvalue weighted by Gasteiger charge is 2.16. The predicted molar refractivity (Wildman–Crippen MR) is 67.1 cm³/mol. The standard InChI is InChI=1S/C13H15N3O/c1-7-4-9(3)10(5-8(7)2)12(17)11-6-15-16-13(11)14/h4-6H,1-3H3,(H3,14,15,16). The highest BCUT2D eigenvalue weighted by atomic mass is 16.1. The van der Waals surface area contributed by atoms with Crippen molar-refractivity contribution >= 4 is 11.6 Å². The molecule has 0 radical (unpaired) electrons. The van der Waals surface area contributed by atoms with Gasteiger partial charge in [0.25, 0.3) is 0 Å². The number of ketones is 1. The third-order valence-corrected chi connectivity index (χ3v) is 3.00. The lowest BCUT2D eigenvalue weighted by atomic mass is 9.96. The Labute approximate surface area is 99.8 Å². The maximum atomic E-state index is 12.3. The van der Waals surface area contributed by atoms with Gasteiger partial charge in [0.2, 0.25) is 0 Å². The lowest BCUT2D eigenvalue weighted by molar-refractivity contribution is 0.103. The Bertz CT molecular complexity index is 584. The number of hydrogen-bond acceptors (Lipinski definition) is 3. The van der Waals surface area contributed by atoms with Crippen molar-refractivity contribution < 1.29 is 4.79 Å². The Morgan fingerprint density at radius 2 is 1.76 bits per heavy atom. The van der Waals surface area contributed by atoms with Crippen molar-refractivity contribution in [1.29, 1.82) is 0 Å². The molecule has 0 bridgehead atoms. The van der Waals surface area contributed by atoms with E-state index in [1.165, 1.54) is 11.8 Å². The topological polar surface area (TPSA) is 71.8 Å². The van der Waals surface area contributed by atoms with Gasteiger partial charge in [-0.1, -0.05) is 6.07 Å². The van der Waals surface area contributed by atoms with Crippen LogP contribution in [0.4, 0.5) is 5.82 Å². The summed E-state index contributed by atoms with van der Waals surface area (Å²) in [6.45, 7) is 5.95. The number of benzene rings is 1. The van der Waals surface area contributed by atoms with E-state index in [1.807, 2.05) is 32.9 Å². The highest BCUT2D eigenvalue weighted by molar-refractivity contribution is 6.12. The number of nitrogens with zero attached hydrogens (tertiary/aromatic N) is 1. The molecule has 1 heterocycles. The summed E-state index contributed by atoms with van der Waals surface area (Å²) in [5.74, 6) is 0.226. The van der Waals surface area contributed by atoms with Gasteiger partial charge in [-0.2, -0.15) is 5.10 Å². The van der Waals surface area contributed by atoms with Crippen molar-refractivity contribution in [3.63, 3.8) is 0 Å². The van der Waals surface area contributed by atoms with Crippen molar-refractivity contribution in [2.75, 3.05) is 5.73 Å². The van der Waals surface area contributed by atoms with Crippen LogP contribution in [0.3, 0.4) is 0 Å². The van der Waals surface area contributed by atoms with Crippen LogP contribution in [0.5, 0.6) is 0 Å². The Kier molecular flexibility index (Phi) is 2.71. The fraction of sp³-hybridized carbons (Fsp3) is 0.231. The average molecular weight is 229 g/mol. The first kappa shape index (κ1) is 11.4. The molecule has 1 aromatic heterocycles. The minimum Gasteiger partial charge on any atom is -0.383 e. The largest absolute Gasteiger partial charge is 0.383 e. The molecule has 88 valence electrons. The van der Waals surface area contributed by atoms with Crippen LogP contribution in [-0.4, -0.2) is 16.0 Å². The average Bonchev–Trinajstić information content (AvgIpc) is 2.69. The maximum Gasteiger partial charge on any atom is 0.198 e. The molecule has 0 unspecified atom stereocenters. The van der Waals surface area contributed by atoms with E-state index in [-0.39, 0.29) is 5.78 Å². The van der Waals surface area contributed by atoms with Crippen LogP contribution in [0, 0.1) is 20.8 Å². The fourth-order valence-electron chi connectivity index (χ4n) is 1.83. The summed E-state index contributed by atoms with van der Waals surface area (Å²) in [5, 5.41) is 6.34. The van der Waals surface area contributed by atoms with Gasteiger partial charge in [-0.3, -0.25) is 9.89 Å². The summed E-state index contributed by atoms with van der Waals surface area (Å²) < 4.78 is 0. The molecule has 4 nitrogen and oxygen atoms in total. The van der Waals surface area contributed by atoms with Crippen LogP contribution in [-0.2, 0) is 0 Å². The Hall–Kier alpha value is -2.10. The van der Waals surface area contributed by atoms with Gasteiger partial charge in [-0.15, -0.1) is 0 Å². The molecule has 0 spiro atoms. The van der Waals surface area contributed by atoms with Gasteiger partial charge in [0.05, 0.1) is 11.8 Å². The van der Waals surface area contributed by atoms with Gasteiger partial charge in [-0.05, 0) is 43.5 Å². The number of aromatic amines is 1. The van der Waals surface area contributed by atoms with Crippen molar-refractivity contribution in [3.8, 4) is 0 Å². The Balaban J connectivity index is 2.52. The first-order valence-electron chi connectivity index (χ1n) is 5.42. The maximum absolute atomic E-state index is 12.3.